The van der Waals surface area contributed by atoms with Crippen molar-refractivity contribution in [2.75, 3.05) is 0 Å². The lowest BCUT2D eigenvalue weighted by Gasteiger charge is -2.05. The maximum Gasteiger partial charge on any atom is 0.211 e. The zero-order valence-electron chi connectivity index (χ0n) is 14.1. The first kappa shape index (κ1) is 15.5. The minimum absolute atomic E-state index is 0.591. The number of fused-ring (bicyclic) bond motifs is 1. The van der Waals surface area contributed by atoms with E-state index in [2.05, 4.69) is 64.5 Å². The number of pyridine rings is 1. The first-order chi connectivity index (χ1) is 12.4. The van der Waals surface area contributed by atoms with E-state index in [1.807, 2.05) is 30.3 Å². The molecule has 3 heteroatoms. The molecule has 0 spiro atoms. The van der Waals surface area contributed by atoms with E-state index in [9.17, 15) is 0 Å². The molecule has 0 radical (unpaired) electrons. The number of aryl methyl sites for hydroxylation is 2. The van der Waals surface area contributed by atoms with Crippen LogP contribution in [0.25, 0.3) is 10.9 Å². The van der Waals surface area contributed by atoms with Gasteiger partial charge in [0.05, 0.1) is 0 Å². The Hall–Kier alpha value is -3.07. The number of benzene rings is 2. The van der Waals surface area contributed by atoms with Crippen LogP contribution < -0.4 is 9.30 Å². The number of nitrogens with one attached hydrogen (secondary N) is 1. The first-order valence-corrected chi connectivity index (χ1v) is 8.59. The van der Waals surface area contributed by atoms with Crippen molar-refractivity contribution in [1.82, 2.24) is 4.98 Å². The van der Waals surface area contributed by atoms with Crippen molar-refractivity contribution in [3.05, 3.63) is 96.4 Å². The molecule has 0 saturated carbocycles. The summed E-state index contributed by atoms with van der Waals surface area (Å²) in [6.45, 7) is 1.51. The van der Waals surface area contributed by atoms with Crippen LogP contribution in [-0.4, -0.2) is 4.98 Å². The molecule has 124 valence electrons. The molecule has 0 saturated heterocycles. The van der Waals surface area contributed by atoms with Crippen molar-refractivity contribution in [2.24, 2.45) is 0 Å². The van der Waals surface area contributed by atoms with E-state index in [1.54, 1.807) is 0 Å². The summed E-state index contributed by atoms with van der Waals surface area (Å²) < 4.78 is 8.10. The number of rotatable bonds is 6. The Bertz CT molecular complexity index is 960. The summed E-state index contributed by atoms with van der Waals surface area (Å²) in [5, 5.41) is 1.31. The highest BCUT2D eigenvalue weighted by Gasteiger charge is 2.08. The topological polar surface area (TPSA) is 28.9 Å². The normalized spacial score (nSPS) is 10.9. The molecular formula is C22H21N2O+. The maximum absolute atomic E-state index is 5.91. The van der Waals surface area contributed by atoms with Gasteiger partial charge < -0.3 is 9.72 Å². The van der Waals surface area contributed by atoms with Crippen molar-refractivity contribution in [2.45, 2.75) is 19.6 Å². The molecule has 1 N–H and O–H groups in total. The van der Waals surface area contributed by atoms with Crippen LogP contribution in [0.4, 0.5) is 0 Å². The van der Waals surface area contributed by atoms with Crippen LogP contribution in [0.2, 0.25) is 0 Å². The van der Waals surface area contributed by atoms with Gasteiger partial charge in [0.2, 0.25) is 6.20 Å². The minimum Gasteiger partial charge on any atom is -0.483 e. The second-order valence-corrected chi connectivity index (χ2v) is 6.16. The largest absolute Gasteiger partial charge is 0.483 e. The number of hydrogen-bond acceptors (Lipinski definition) is 1. The van der Waals surface area contributed by atoms with E-state index in [4.69, 9.17) is 4.74 Å². The summed E-state index contributed by atoms with van der Waals surface area (Å²) in [6.07, 6.45) is 7.25. The fourth-order valence-electron chi connectivity index (χ4n) is 3.05. The zero-order chi connectivity index (χ0) is 16.9. The van der Waals surface area contributed by atoms with Crippen molar-refractivity contribution < 1.29 is 9.30 Å². The van der Waals surface area contributed by atoms with Gasteiger partial charge in [0.1, 0.15) is 6.61 Å². The van der Waals surface area contributed by atoms with Crippen LogP contribution in [0.15, 0.2) is 85.3 Å². The summed E-state index contributed by atoms with van der Waals surface area (Å²) in [5.41, 5.74) is 3.72. The van der Waals surface area contributed by atoms with Crippen LogP contribution in [0, 0.1) is 0 Å². The summed E-state index contributed by atoms with van der Waals surface area (Å²) in [7, 11) is 0. The second-order valence-electron chi connectivity index (χ2n) is 6.16. The minimum atomic E-state index is 0.591. The summed E-state index contributed by atoms with van der Waals surface area (Å²) in [5.74, 6) is 0.894. The highest BCUT2D eigenvalue weighted by Crippen LogP contribution is 2.18. The molecule has 25 heavy (non-hydrogen) atoms. The summed E-state index contributed by atoms with van der Waals surface area (Å²) in [4.78, 5) is 3.34. The molecule has 4 rings (SSSR count). The van der Waals surface area contributed by atoms with Gasteiger partial charge in [-0.2, -0.15) is 0 Å². The number of aromatic nitrogens is 2. The lowest BCUT2D eigenvalue weighted by molar-refractivity contribution is -0.696. The Balaban J connectivity index is 1.41. The fraction of sp³-hybridized carbons (Fsp3) is 0.136. The molecule has 0 unspecified atom stereocenters. The molecule has 0 aliphatic rings. The Kier molecular flexibility index (Phi) is 4.46. The number of para-hydroxylation sites is 1. The monoisotopic (exact) mass is 329 g/mol. The highest BCUT2D eigenvalue weighted by molar-refractivity contribution is 5.82. The lowest BCUT2D eigenvalue weighted by atomic mass is 10.1. The number of H-pyrrole nitrogens is 1. The van der Waals surface area contributed by atoms with E-state index in [0.29, 0.717) is 6.61 Å². The summed E-state index contributed by atoms with van der Waals surface area (Å²) in [6, 6.07) is 22.7. The number of ether oxygens (including phenoxy) is 1. The molecule has 2 aromatic carbocycles. The van der Waals surface area contributed by atoms with E-state index < -0.39 is 0 Å². The molecule has 0 amide bonds. The van der Waals surface area contributed by atoms with Crippen LogP contribution >= 0.6 is 0 Å². The average Bonchev–Trinajstić information content (AvgIpc) is 3.09. The van der Waals surface area contributed by atoms with Crippen LogP contribution in [0.3, 0.4) is 0 Å². The molecule has 2 aromatic heterocycles. The quantitative estimate of drug-likeness (QED) is 0.526. The number of aromatic amines is 1. The third kappa shape index (κ3) is 3.72. The van der Waals surface area contributed by atoms with E-state index in [0.717, 1.165) is 18.7 Å². The zero-order valence-corrected chi connectivity index (χ0v) is 14.1. The van der Waals surface area contributed by atoms with Gasteiger partial charge in [-0.25, -0.2) is 4.57 Å². The predicted octanol–water partition coefficient (Wildman–Crippen LogP) is 4.28. The molecule has 0 fully saturated rings. The van der Waals surface area contributed by atoms with Crippen LogP contribution in [-0.2, 0) is 19.6 Å². The van der Waals surface area contributed by atoms with Crippen molar-refractivity contribution >= 4 is 10.9 Å². The maximum atomic E-state index is 5.91. The van der Waals surface area contributed by atoms with Crippen molar-refractivity contribution in [3.63, 3.8) is 0 Å². The number of nitrogens with zero attached hydrogens (tertiary/aromatic N) is 1. The smallest absolute Gasteiger partial charge is 0.211 e. The van der Waals surface area contributed by atoms with Gasteiger partial charge in [-0.15, -0.1) is 0 Å². The molecule has 0 atom stereocenters. The third-order valence-corrected chi connectivity index (χ3v) is 4.39. The Labute approximate surface area is 147 Å². The fourth-order valence-corrected chi connectivity index (χ4v) is 3.05. The molecule has 0 aliphatic carbocycles. The second kappa shape index (κ2) is 7.22. The SMILES string of the molecule is c1ccc(COc2ccc[n+](CCc3c[nH]c4ccccc34)c2)cc1. The Morgan fingerprint density at radius 2 is 1.72 bits per heavy atom. The standard InChI is InChI=1S/C22H21N2O/c1-2-7-18(8-3-1)17-25-20-9-6-13-24(16-20)14-12-19-15-23-22-11-5-4-10-21(19)22/h1-11,13,15-16,23H,12,14,17H2/q+1. The van der Waals surface area contributed by atoms with E-state index in [1.165, 1.54) is 22.0 Å². The van der Waals surface area contributed by atoms with Crippen LogP contribution in [0.5, 0.6) is 5.75 Å². The van der Waals surface area contributed by atoms with Gasteiger partial charge in [-0.3, -0.25) is 0 Å². The van der Waals surface area contributed by atoms with E-state index >= 15 is 0 Å². The van der Waals surface area contributed by atoms with Gasteiger partial charge in [-0.05, 0) is 23.3 Å². The Morgan fingerprint density at radius 3 is 2.64 bits per heavy atom. The van der Waals surface area contributed by atoms with Gasteiger partial charge in [0.15, 0.2) is 18.5 Å². The van der Waals surface area contributed by atoms with Crippen molar-refractivity contribution in [3.8, 4) is 5.75 Å². The molecule has 3 nitrogen and oxygen atoms in total. The molecule has 2 heterocycles. The van der Waals surface area contributed by atoms with Gasteiger partial charge in [0.25, 0.3) is 0 Å². The average molecular weight is 329 g/mol. The highest BCUT2D eigenvalue weighted by atomic mass is 16.5. The predicted molar refractivity (Wildman–Crippen MR) is 99.4 cm³/mol. The lowest BCUT2D eigenvalue weighted by Crippen LogP contribution is -2.33. The Morgan fingerprint density at radius 1 is 0.880 bits per heavy atom. The third-order valence-electron chi connectivity index (χ3n) is 4.39. The van der Waals surface area contributed by atoms with Gasteiger partial charge in [0, 0.05) is 29.6 Å². The molecular weight excluding hydrogens is 308 g/mol. The van der Waals surface area contributed by atoms with Crippen molar-refractivity contribution in [1.29, 1.82) is 0 Å². The molecule has 0 aliphatic heterocycles. The molecule has 0 bridgehead atoms. The summed E-state index contributed by atoms with van der Waals surface area (Å²) >= 11 is 0. The first-order valence-electron chi connectivity index (χ1n) is 8.59. The van der Waals surface area contributed by atoms with Gasteiger partial charge >= 0.3 is 0 Å². The number of hydrogen-bond donors (Lipinski definition) is 1. The van der Waals surface area contributed by atoms with Gasteiger partial charge in [-0.1, -0.05) is 48.5 Å². The molecule has 4 aromatic rings. The van der Waals surface area contributed by atoms with Crippen LogP contribution in [0.1, 0.15) is 11.1 Å². The van der Waals surface area contributed by atoms with E-state index in [-0.39, 0.29) is 0 Å².